The van der Waals surface area contributed by atoms with E-state index in [-0.39, 0.29) is 5.91 Å². The van der Waals surface area contributed by atoms with Crippen LogP contribution in [0.25, 0.3) is 11.3 Å². The number of benzene rings is 3. The van der Waals surface area contributed by atoms with Crippen molar-refractivity contribution in [1.82, 2.24) is 4.90 Å². The van der Waals surface area contributed by atoms with Gasteiger partial charge in [-0.1, -0.05) is 24.3 Å². The van der Waals surface area contributed by atoms with E-state index in [2.05, 4.69) is 15.5 Å². The van der Waals surface area contributed by atoms with Crippen molar-refractivity contribution in [2.75, 3.05) is 24.7 Å². The maximum absolute atomic E-state index is 14.0. The molecule has 0 radical (unpaired) electrons. The van der Waals surface area contributed by atoms with Gasteiger partial charge < -0.3 is 15.5 Å². The van der Waals surface area contributed by atoms with Crippen LogP contribution in [0.2, 0.25) is 0 Å². The Morgan fingerprint density at radius 2 is 1.70 bits per heavy atom. The molecule has 1 aliphatic rings. The van der Waals surface area contributed by atoms with E-state index in [4.69, 9.17) is 0 Å². The van der Waals surface area contributed by atoms with Crippen molar-refractivity contribution in [2.24, 2.45) is 0 Å². The van der Waals surface area contributed by atoms with Crippen LogP contribution in [0.5, 0.6) is 0 Å². The van der Waals surface area contributed by atoms with Crippen LogP contribution in [0, 0.1) is 11.6 Å². The maximum Gasteiger partial charge on any atom is 0.258 e. The van der Waals surface area contributed by atoms with Crippen molar-refractivity contribution in [2.45, 2.75) is 6.54 Å². The summed E-state index contributed by atoms with van der Waals surface area (Å²) in [5.74, 6) is -1.22. The third-order valence-corrected chi connectivity index (χ3v) is 4.81. The summed E-state index contributed by atoms with van der Waals surface area (Å²) < 4.78 is 27.6. The first-order chi connectivity index (χ1) is 14.4. The van der Waals surface area contributed by atoms with Crippen LogP contribution in [0.3, 0.4) is 0 Å². The Labute approximate surface area is 173 Å². The van der Waals surface area contributed by atoms with Gasteiger partial charge in [-0.25, -0.2) is 8.78 Å². The molecule has 0 aliphatic carbocycles. The Bertz CT molecular complexity index is 1140. The second-order valence-corrected chi connectivity index (χ2v) is 7.46. The summed E-state index contributed by atoms with van der Waals surface area (Å²) in [6.45, 7) is 0.805. The van der Waals surface area contributed by atoms with Gasteiger partial charge in [0.15, 0.2) is 0 Å². The molecule has 6 heteroatoms. The molecule has 30 heavy (non-hydrogen) atoms. The number of fused-ring (bicyclic) bond motifs is 1. The fraction of sp³-hybridized carbons (Fsp3) is 0.125. The lowest BCUT2D eigenvalue weighted by molar-refractivity contribution is -0.110. The molecule has 0 spiro atoms. The molecule has 1 heterocycles. The maximum atomic E-state index is 14.0. The molecule has 0 saturated carbocycles. The predicted molar refractivity (Wildman–Crippen MR) is 116 cm³/mol. The molecule has 3 aromatic carbocycles. The first-order valence-electron chi connectivity index (χ1n) is 9.53. The summed E-state index contributed by atoms with van der Waals surface area (Å²) in [7, 11) is 4.00. The second-order valence-electron chi connectivity index (χ2n) is 7.46. The molecule has 3 aromatic rings. The van der Waals surface area contributed by atoms with Crippen LogP contribution < -0.4 is 10.6 Å². The lowest BCUT2D eigenvalue weighted by atomic mass is 9.99. The molecule has 152 valence electrons. The highest BCUT2D eigenvalue weighted by Crippen LogP contribution is 2.38. The summed E-state index contributed by atoms with van der Waals surface area (Å²) in [5.41, 5.74) is 4.18. The fourth-order valence-electron chi connectivity index (χ4n) is 3.52. The minimum atomic E-state index is -0.438. The lowest BCUT2D eigenvalue weighted by Gasteiger charge is -2.16. The first-order valence-corrected chi connectivity index (χ1v) is 9.53. The van der Waals surface area contributed by atoms with Gasteiger partial charge in [-0.15, -0.1) is 0 Å². The quantitative estimate of drug-likeness (QED) is 0.590. The van der Waals surface area contributed by atoms with Gasteiger partial charge >= 0.3 is 0 Å². The van der Waals surface area contributed by atoms with E-state index in [0.717, 1.165) is 17.8 Å². The molecule has 1 amide bonds. The largest absolute Gasteiger partial charge is 0.354 e. The molecule has 0 bridgehead atoms. The molecule has 4 rings (SSSR count). The van der Waals surface area contributed by atoms with Gasteiger partial charge in [0.25, 0.3) is 5.91 Å². The number of nitrogens with zero attached hydrogens (tertiary/aromatic N) is 1. The minimum Gasteiger partial charge on any atom is -0.354 e. The van der Waals surface area contributed by atoms with Crippen molar-refractivity contribution in [3.05, 3.63) is 95.1 Å². The molecule has 4 nitrogen and oxygen atoms in total. The van der Waals surface area contributed by atoms with Gasteiger partial charge in [-0.05, 0) is 62.1 Å². The van der Waals surface area contributed by atoms with Crippen molar-refractivity contribution in [3.63, 3.8) is 0 Å². The van der Waals surface area contributed by atoms with E-state index < -0.39 is 11.6 Å². The minimum absolute atomic E-state index is 0.341. The Kier molecular flexibility index (Phi) is 5.33. The van der Waals surface area contributed by atoms with Crippen LogP contribution in [0.1, 0.15) is 16.7 Å². The zero-order chi connectivity index (χ0) is 21.3. The highest BCUT2D eigenvalue weighted by molar-refractivity contribution is 6.37. The number of amides is 1. The highest BCUT2D eigenvalue weighted by Gasteiger charge is 2.29. The van der Waals surface area contributed by atoms with E-state index in [0.29, 0.717) is 28.1 Å². The number of carbonyl (C=O) groups excluding carboxylic acids is 1. The molecule has 0 unspecified atom stereocenters. The number of hydrogen-bond acceptors (Lipinski definition) is 3. The van der Waals surface area contributed by atoms with Crippen molar-refractivity contribution >= 4 is 28.6 Å². The van der Waals surface area contributed by atoms with Crippen molar-refractivity contribution in [3.8, 4) is 0 Å². The molecule has 0 saturated heterocycles. The Hall–Kier alpha value is -3.51. The van der Waals surface area contributed by atoms with Gasteiger partial charge in [-0.3, -0.25) is 4.79 Å². The molecular weight excluding hydrogens is 384 g/mol. The lowest BCUT2D eigenvalue weighted by Crippen LogP contribution is -2.11. The normalized spacial score (nSPS) is 14.5. The first kappa shape index (κ1) is 19.8. The number of anilines is 2. The van der Waals surface area contributed by atoms with Gasteiger partial charge in [0.05, 0.1) is 17.0 Å². The standard InChI is InChI=1S/C24H21F2N3O/c1-29(2)14-15-6-9-19(10-7-15)27-23(16-4-3-5-17(25)12-16)22-20-11-8-18(26)13-21(20)28-24(22)30/h3-13,27H,14H2,1-2H3,(H,28,30)/b23-22-. The van der Waals surface area contributed by atoms with Gasteiger partial charge in [0, 0.05) is 23.4 Å². The van der Waals surface area contributed by atoms with Crippen LogP contribution in [-0.4, -0.2) is 24.9 Å². The molecule has 0 fully saturated rings. The van der Waals surface area contributed by atoms with E-state index >= 15 is 0 Å². The number of rotatable bonds is 5. The van der Waals surface area contributed by atoms with E-state index in [1.54, 1.807) is 18.2 Å². The summed E-state index contributed by atoms with van der Waals surface area (Å²) in [4.78, 5) is 14.8. The summed E-state index contributed by atoms with van der Waals surface area (Å²) in [6.07, 6.45) is 0. The molecular formula is C24H21F2N3O. The third kappa shape index (κ3) is 4.09. The number of nitrogens with one attached hydrogen (secondary N) is 2. The zero-order valence-electron chi connectivity index (χ0n) is 16.7. The predicted octanol–water partition coefficient (Wildman–Crippen LogP) is 4.96. The topological polar surface area (TPSA) is 44.4 Å². The van der Waals surface area contributed by atoms with Crippen LogP contribution in [-0.2, 0) is 11.3 Å². The van der Waals surface area contributed by atoms with Crippen molar-refractivity contribution < 1.29 is 13.6 Å². The monoisotopic (exact) mass is 405 g/mol. The fourth-order valence-corrected chi connectivity index (χ4v) is 3.52. The second kappa shape index (κ2) is 8.08. The van der Waals surface area contributed by atoms with E-state index in [9.17, 15) is 13.6 Å². The average molecular weight is 405 g/mol. The Morgan fingerprint density at radius 1 is 0.967 bits per heavy atom. The summed E-state index contributed by atoms with van der Waals surface area (Å²) >= 11 is 0. The summed E-state index contributed by atoms with van der Waals surface area (Å²) in [5, 5.41) is 5.97. The summed E-state index contributed by atoms with van der Waals surface area (Å²) in [6, 6.07) is 18.0. The number of hydrogen-bond donors (Lipinski definition) is 2. The van der Waals surface area contributed by atoms with Gasteiger partial charge in [0.1, 0.15) is 11.6 Å². The van der Waals surface area contributed by atoms with E-state index in [1.165, 1.54) is 24.3 Å². The third-order valence-electron chi connectivity index (χ3n) is 4.81. The highest BCUT2D eigenvalue weighted by atomic mass is 19.1. The van der Waals surface area contributed by atoms with Gasteiger partial charge in [0.2, 0.25) is 0 Å². The smallest absolute Gasteiger partial charge is 0.258 e. The van der Waals surface area contributed by atoms with Crippen molar-refractivity contribution in [1.29, 1.82) is 0 Å². The molecule has 0 aromatic heterocycles. The number of halogens is 2. The SMILES string of the molecule is CN(C)Cc1ccc(N/C(=C2\C(=O)Nc3cc(F)ccc32)c2cccc(F)c2)cc1. The average Bonchev–Trinajstić information content (AvgIpc) is 3.01. The van der Waals surface area contributed by atoms with E-state index in [1.807, 2.05) is 38.4 Å². The Balaban J connectivity index is 1.81. The van der Waals surface area contributed by atoms with Crippen LogP contribution in [0.15, 0.2) is 66.7 Å². The van der Waals surface area contributed by atoms with Crippen LogP contribution in [0.4, 0.5) is 20.2 Å². The number of carbonyl (C=O) groups is 1. The van der Waals surface area contributed by atoms with Crippen LogP contribution >= 0.6 is 0 Å². The molecule has 1 aliphatic heterocycles. The molecule has 0 atom stereocenters. The zero-order valence-corrected chi connectivity index (χ0v) is 16.7. The Morgan fingerprint density at radius 3 is 2.40 bits per heavy atom. The molecule has 2 N–H and O–H groups in total. The van der Waals surface area contributed by atoms with Gasteiger partial charge in [-0.2, -0.15) is 0 Å².